The van der Waals surface area contributed by atoms with Crippen molar-refractivity contribution in [2.45, 2.75) is 20.3 Å². The lowest BCUT2D eigenvalue weighted by atomic mass is 10.1. The van der Waals surface area contributed by atoms with Crippen LogP contribution in [0.3, 0.4) is 0 Å². The summed E-state index contributed by atoms with van der Waals surface area (Å²) >= 11 is 0. The molecule has 0 spiro atoms. The van der Waals surface area contributed by atoms with Gasteiger partial charge in [0.1, 0.15) is 17.0 Å². The molecule has 0 saturated heterocycles. The second-order valence-electron chi connectivity index (χ2n) is 6.12. The highest BCUT2D eigenvalue weighted by molar-refractivity contribution is 6.09. The molecule has 1 aromatic heterocycles. The van der Waals surface area contributed by atoms with E-state index in [2.05, 4.69) is 15.8 Å². The number of hydrogen-bond acceptors (Lipinski definition) is 4. The second-order valence-corrected chi connectivity index (χ2v) is 6.12. The van der Waals surface area contributed by atoms with Gasteiger partial charge in [0.25, 0.3) is 11.8 Å². The summed E-state index contributed by atoms with van der Waals surface area (Å²) in [6, 6.07) is 16.2. The molecule has 2 N–H and O–H groups in total. The van der Waals surface area contributed by atoms with Crippen molar-refractivity contribution in [3.8, 4) is 11.3 Å². The summed E-state index contributed by atoms with van der Waals surface area (Å²) in [5.74, 6) is -0.0685. The number of nitrogens with one attached hydrogen (secondary N) is 2. The minimum Gasteiger partial charge on any atom is -0.360 e. The van der Waals surface area contributed by atoms with E-state index in [4.69, 9.17) is 4.52 Å². The Hall–Kier alpha value is -3.41. The first-order valence-corrected chi connectivity index (χ1v) is 8.81. The first kappa shape index (κ1) is 18.4. The first-order chi connectivity index (χ1) is 13.1. The molecule has 6 heteroatoms. The molecule has 2 amide bonds. The molecule has 0 unspecified atom stereocenters. The number of nitrogens with zero attached hydrogens (tertiary/aromatic N) is 1. The van der Waals surface area contributed by atoms with Gasteiger partial charge in [0, 0.05) is 23.4 Å². The Morgan fingerprint density at radius 2 is 1.81 bits per heavy atom. The molecule has 27 heavy (non-hydrogen) atoms. The number of carbonyl (C=O) groups is 2. The fraction of sp³-hybridized carbons (Fsp3) is 0.190. The van der Waals surface area contributed by atoms with Gasteiger partial charge in [-0.25, -0.2) is 0 Å². The zero-order valence-electron chi connectivity index (χ0n) is 15.3. The summed E-state index contributed by atoms with van der Waals surface area (Å²) in [5, 5.41) is 9.68. The van der Waals surface area contributed by atoms with Crippen molar-refractivity contribution in [1.82, 2.24) is 10.5 Å². The Morgan fingerprint density at radius 1 is 1.04 bits per heavy atom. The Kier molecular flexibility index (Phi) is 5.66. The smallest absolute Gasteiger partial charge is 0.261 e. The molecule has 2 aromatic carbocycles. The van der Waals surface area contributed by atoms with E-state index >= 15 is 0 Å². The predicted molar refractivity (Wildman–Crippen MR) is 104 cm³/mol. The highest BCUT2D eigenvalue weighted by Gasteiger charge is 2.21. The predicted octanol–water partition coefficient (Wildman–Crippen LogP) is 4.04. The van der Waals surface area contributed by atoms with Gasteiger partial charge in [-0.3, -0.25) is 9.59 Å². The molecule has 3 rings (SSSR count). The third-order valence-electron chi connectivity index (χ3n) is 4.06. The van der Waals surface area contributed by atoms with Crippen molar-refractivity contribution >= 4 is 17.5 Å². The first-order valence-electron chi connectivity index (χ1n) is 8.81. The van der Waals surface area contributed by atoms with Gasteiger partial charge < -0.3 is 15.2 Å². The van der Waals surface area contributed by atoms with Gasteiger partial charge in [-0.15, -0.1) is 0 Å². The third-order valence-corrected chi connectivity index (χ3v) is 4.06. The van der Waals surface area contributed by atoms with Gasteiger partial charge >= 0.3 is 0 Å². The largest absolute Gasteiger partial charge is 0.360 e. The van der Waals surface area contributed by atoms with Crippen LogP contribution in [0.1, 0.15) is 39.8 Å². The molecule has 0 saturated carbocycles. The van der Waals surface area contributed by atoms with E-state index < -0.39 is 0 Å². The summed E-state index contributed by atoms with van der Waals surface area (Å²) in [6.45, 7) is 4.29. The molecule has 0 aliphatic heterocycles. The number of carbonyl (C=O) groups excluding carboxylic acids is 2. The second kappa shape index (κ2) is 8.31. The molecular formula is C21H21N3O3. The van der Waals surface area contributed by atoms with Crippen LogP contribution < -0.4 is 10.6 Å². The monoisotopic (exact) mass is 363 g/mol. The van der Waals surface area contributed by atoms with E-state index in [0.717, 1.165) is 12.0 Å². The molecular weight excluding hydrogens is 342 g/mol. The molecule has 0 atom stereocenters. The Labute approximate surface area is 157 Å². The van der Waals surface area contributed by atoms with Gasteiger partial charge in [0.15, 0.2) is 0 Å². The number of benzene rings is 2. The van der Waals surface area contributed by atoms with E-state index in [9.17, 15) is 9.59 Å². The third kappa shape index (κ3) is 4.23. The van der Waals surface area contributed by atoms with Crippen molar-refractivity contribution < 1.29 is 14.1 Å². The lowest BCUT2D eigenvalue weighted by molar-refractivity contribution is 0.0952. The summed E-state index contributed by atoms with van der Waals surface area (Å²) < 4.78 is 5.24. The summed E-state index contributed by atoms with van der Waals surface area (Å²) in [4.78, 5) is 24.9. The van der Waals surface area contributed by atoms with Crippen LogP contribution in [-0.2, 0) is 0 Å². The van der Waals surface area contributed by atoms with E-state index in [1.165, 1.54) is 0 Å². The molecule has 3 aromatic rings. The highest BCUT2D eigenvalue weighted by Crippen LogP contribution is 2.26. The van der Waals surface area contributed by atoms with Gasteiger partial charge in [0.05, 0.1) is 0 Å². The molecule has 0 aliphatic rings. The number of amides is 2. The van der Waals surface area contributed by atoms with Crippen LogP contribution in [0.25, 0.3) is 11.3 Å². The van der Waals surface area contributed by atoms with Crippen molar-refractivity contribution in [3.05, 3.63) is 71.5 Å². The normalized spacial score (nSPS) is 10.4. The van der Waals surface area contributed by atoms with E-state index in [1.807, 2.05) is 37.3 Å². The molecule has 0 radical (unpaired) electrons. The van der Waals surface area contributed by atoms with E-state index in [0.29, 0.717) is 34.8 Å². The number of hydrogen-bond donors (Lipinski definition) is 2. The van der Waals surface area contributed by atoms with Crippen LogP contribution in [0.2, 0.25) is 0 Å². The number of aromatic nitrogens is 1. The lowest BCUT2D eigenvalue weighted by Crippen LogP contribution is -2.24. The number of anilines is 1. The highest BCUT2D eigenvalue weighted by atomic mass is 16.5. The van der Waals surface area contributed by atoms with Crippen molar-refractivity contribution in [1.29, 1.82) is 0 Å². The van der Waals surface area contributed by atoms with Crippen molar-refractivity contribution in [3.63, 3.8) is 0 Å². The maximum absolute atomic E-state index is 12.8. The fourth-order valence-electron chi connectivity index (χ4n) is 2.70. The standard InChI is InChI=1S/C21H21N3O3/c1-3-12-22-20(25)16-10-7-11-17(13-16)23-21(26)18-14(2)27-24-19(18)15-8-5-4-6-9-15/h4-11,13H,3,12H2,1-2H3,(H,22,25)(H,23,26). The van der Waals surface area contributed by atoms with Crippen LogP contribution in [0.5, 0.6) is 0 Å². The fourth-order valence-corrected chi connectivity index (χ4v) is 2.70. The van der Waals surface area contributed by atoms with Crippen LogP contribution in [0, 0.1) is 6.92 Å². The molecule has 6 nitrogen and oxygen atoms in total. The van der Waals surface area contributed by atoms with E-state index in [-0.39, 0.29) is 11.8 Å². The van der Waals surface area contributed by atoms with Crippen LogP contribution in [-0.4, -0.2) is 23.5 Å². The molecule has 0 fully saturated rings. The van der Waals surface area contributed by atoms with Crippen LogP contribution in [0.15, 0.2) is 59.1 Å². The minimum atomic E-state index is -0.335. The SMILES string of the molecule is CCCNC(=O)c1cccc(NC(=O)c2c(-c3ccccc3)noc2C)c1. The summed E-state index contributed by atoms with van der Waals surface area (Å²) in [7, 11) is 0. The van der Waals surface area contributed by atoms with Crippen molar-refractivity contribution in [2.24, 2.45) is 0 Å². The molecule has 0 aliphatic carbocycles. The molecule has 138 valence electrons. The average Bonchev–Trinajstić information content (AvgIpc) is 3.08. The van der Waals surface area contributed by atoms with Crippen molar-refractivity contribution in [2.75, 3.05) is 11.9 Å². The van der Waals surface area contributed by atoms with Gasteiger partial charge in [-0.1, -0.05) is 48.5 Å². The maximum Gasteiger partial charge on any atom is 0.261 e. The van der Waals surface area contributed by atoms with Crippen LogP contribution in [0.4, 0.5) is 5.69 Å². The lowest BCUT2D eigenvalue weighted by Gasteiger charge is -2.08. The zero-order chi connectivity index (χ0) is 19.2. The summed E-state index contributed by atoms with van der Waals surface area (Å²) in [5.41, 5.74) is 2.69. The maximum atomic E-state index is 12.8. The average molecular weight is 363 g/mol. The topological polar surface area (TPSA) is 84.2 Å². The number of rotatable bonds is 6. The van der Waals surface area contributed by atoms with E-state index in [1.54, 1.807) is 31.2 Å². The quantitative estimate of drug-likeness (QED) is 0.692. The minimum absolute atomic E-state index is 0.168. The Balaban J connectivity index is 1.83. The zero-order valence-corrected chi connectivity index (χ0v) is 15.3. The van der Waals surface area contributed by atoms with Gasteiger partial charge in [-0.2, -0.15) is 0 Å². The molecule has 1 heterocycles. The van der Waals surface area contributed by atoms with Crippen LogP contribution >= 0.6 is 0 Å². The Bertz CT molecular complexity index is 948. The van der Waals surface area contributed by atoms with Gasteiger partial charge in [-0.05, 0) is 31.5 Å². The Morgan fingerprint density at radius 3 is 2.56 bits per heavy atom. The molecule has 0 bridgehead atoms. The van der Waals surface area contributed by atoms with Gasteiger partial charge in [0.2, 0.25) is 0 Å². The number of aryl methyl sites for hydroxylation is 1. The summed E-state index contributed by atoms with van der Waals surface area (Å²) in [6.07, 6.45) is 0.858.